The number of piperazine rings is 1. The molecule has 3 aromatic carbocycles. The molecule has 0 aliphatic carbocycles. The van der Waals surface area contributed by atoms with Crippen LogP contribution in [-0.2, 0) is 11.3 Å². The van der Waals surface area contributed by atoms with Gasteiger partial charge < -0.3 is 19.6 Å². The minimum atomic E-state index is -0.985. The minimum absolute atomic E-state index is 0.0512. The summed E-state index contributed by atoms with van der Waals surface area (Å²) in [4.78, 5) is 41.2. The van der Waals surface area contributed by atoms with Crippen molar-refractivity contribution in [2.45, 2.75) is 19.6 Å². The molecule has 1 atom stereocenters. The number of anilines is 2. The highest BCUT2D eigenvalue weighted by Gasteiger charge is 2.31. The van der Waals surface area contributed by atoms with E-state index in [1.807, 2.05) is 11.0 Å². The third-order valence-corrected chi connectivity index (χ3v) is 6.54. The predicted octanol–water partition coefficient (Wildman–Crippen LogP) is 5.05. The molecule has 1 aliphatic heterocycles. The first kappa shape index (κ1) is 26.7. The van der Waals surface area contributed by atoms with E-state index in [9.17, 15) is 24.8 Å². The van der Waals surface area contributed by atoms with Crippen LogP contribution in [0.15, 0.2) is 72.8 Å². The summed E-state index contributed by atoms with van der Waals surface area (Å²) in [5, 5.41) is 21.8. The molecule has 0 bridgehead atoms. The van der Waals surface area contributed by atoms with Gasteiger partial charge in [-0.1, -0.05) is 41.9 Å². The number of nitro benzene ring substituents is 1. The molecule has 0 saturated carbocycles. The van der Waals surface area contributed by atoms with Crippen molar-refractivity contribution >= 4 is 40.7 Å². The molecule has 11 heteroatoms. The molecular formula is C27H27ClN4O6. The Morgan fingerprint density at radius 1 is 1.05 bits per heavy atom. The van der Waals surface area contributed by atoms with Crippen LogP contribution in [0.5, 0.6) is 5.75 Å². The summed E-state index contributed by atoms with van der Waals surface area (Å²) in [5.74, 6) is 0.0408. The van der Waals surface area contributed by atoms with Crippen molar-refractivity contribution in [2.24, 2.45) is 0 Å². The van der Waals surface area contributed by atoms with Crippen LogP contribution in [0.2, 0.25) is 5.02 Å². The zero-order valence-corrected chi connectivity index (χ0v) is 21.5. The fourth-order valence-corrected chi connectivity index (χ4v) is 4.39. The number of carbonyl (C=O) groups is 2. The highest BCUT2D eigenvalue weighted by molar-refractivity contribution is 6.30. The van der Waals surface area contributed by atoms with Crippen LogP contribution < -0.4 is 14.5 Å². The number of rotatable bonds is 8. The number of carboxylic acid groups (broad SMARTS) is 1. The molecule has 4 rings (SSSR count). The Hall–Kier alpha value is -4.31. The van der Waals surface area contributed by atoms with Crippen LogP contribution >= 0.6 is 11.6 Å². The van der Waals surface area contributed by atoms with Crippen molar-refractivity contribution in [1.29, 1.82) is 0 Å². The van der Waals surface area contributed by atoms with Crippen LogP contribution in [0, 0.1) is 10.1 Å². The highest BCUT2D eigenvalue weighted by Crippen LogP contribution is 2.35. The predicted molar refractivity (Wildman–Crippen MR) is 144 cm³/mol. The van der Waals surface area contributed by atoms with Gasteiger partial charge in [0.1, 0.15) is 11.4 Å². The quantitative estimate of drug-likeness (QED) is 0.315. The second-order valence-electron chi connectivity index (χ2n) is 8.81. The Balaban J connectivity index is 1.70. The summed E-state index contributed by atoms with van der Waals surface area (Å²) in [5.41, 5.74) is 1.27. The first-order chi connectivity index (χ1) is 18.2. The number of hydrogen-bond donors (Lipinski definition) is 1. The Labute approximate surface area is 224 Å². The molecule has 38 heavy (non-hydrogen) atoms. The molecule has 0 spiro atoms. The molecule has 1 fully saturated rings. The van der Waals surface area contributed by atoms with Gasteiger partial charge in [0.15, 0.2) is 6.10 Å². The molecule has 198 valence electrons. The number of para-hydroxylation sites is 1. The molecule has 1 heterocycles. The van der Waals surface area contributed by atoms with Crippen molar-refractivity contribution in [2.75, 3.05) is 36.0 Å². The number of halogens is 1. The summed E-state index contributed by atoms with van der Waals surface area (Å²) >= 11 is 6.04. The maximum Gasteiger partial charge on any atom is 0.407 e. The van der Waals surface area contributed by atoms with Crippen molar-refractivity contribution in [1.82, 2.24) is 4.90 Å². The zero-order valence-electron chi connectivity index (χ0n) is 20.7. The lowest BCUT2D eigenvalue weighted by atomic mass is 10.1. The standard InChI is InChI=1S/C27H27ClN4O6/c1-19(38-23-5-3-2-4-6-23)26(33)31(18-20-7-9-21(28)10-8-20)25-17-22(11-12-24(25)32(36)37)29-13-15-30(16-14-29)27(34)35/h2-12,17,19H,13-16,18H2,1H3,(H,34,35). The largest absolute Gasteiger partial charge is 0.481 e. The van der Waals surface area contributed by atoms with Gasteiger partial charge >= 0.3 is 6.09 Å². The smallest absolute Gasteiger partial charge is 0.407 e. The third-order valence-electron chi connectivity index (χ3n) is 6.29. The van der Waals surface area contributed by atoms with Crippen molar-refractivity contribution in [3.05, 3.63) is 93.5 Å². The highest BCUT2D eigenvalue weighted by atomic mass is 35.5. The Morgan fingerprint density at radius 3 is 2.32 bits per heavy atom. The van der Waals surface area contributed by atoms with Gasteiger partial charge in [0.25, 0.3) is 11.6 Å². The van der Waals surface area contributed by atoms with Gasteiger partial charge in [-0.2, -0.15) is 0 Å². The summed E-state index contributed by atoms with van der Waals surface area (Å²) in [7, 11) is 0. The van der Waals surface area contributed by atoms with Gasteiger partial charge in [0.2, 0.25) is 0 Å². The maximum atomic E-state index is 13.8. The molecule has 3 aromatic rings. The zero-order chi connectivity index (χ0) is 27.2. The molecule has 0 aromatic heterocycles. The van der Waals surface area contributed by atoms with E-state index in [1.165, 1.54) is 15.9 Å². The maximum absolute atomic E-state index is 13.8. The molecule has 1 unspecified atom stereocenters. The number of benzene rings is 3. The van der Waals surface area contributed by atoms with Gasteiger partial charge in [0.05, 0.1) is 11.5 Å². The topological polar surface area (TPSA) is 116 Å². The van der Waals surface area contributed by atoms with Gasteiger partial charge in [-0.05, 0) is 48.9 Å². The van der Waals surface area contributed by atoms with Crippen molar-refractivity contribution in [3.63, 3.8) is 0 Å². The summed E-state index contributed by atoms with van der Waals surface area (Å²) in [6.45, 7) is 3.10. The summed E-state index contributed by atoms with van der Waals surface area (Å²) in [6.07, 6.45) is -1.92. The number of carbonyl (C=O) groups excluding carboxylic acids is 1. The Kier molecular flexibility index (Phi) is 8.32. The average Bonchev–Trinajstić information content (AvgIpc) is 2.92. The van der Waals surface area contributed by atoms with Crippen LogP contribution in [0.25, 0.3) is 0 Å². The van der Waals surface area contributed by atoms with Gasteiger partial charge in [-0.3, -0.25) is 19.8 Å². The lowest BCUT2D eigenvalue weighted by Crippen LogP contribution is -2.48. The van der Waals surface area contributed by atoms with E-state index in [-0.39, 0.29) is 17.9 Å². The molecule has 1 N–H and O–H groups in total. The average molecular weight is 539 g/mol. The molecule has 1 saturated heterocycles. The number of nitrogens with zero attached hydrogens (tertiary/aromatic N) is 4. The summed E-state index contributed by atoms with van der Waals surface area (Å²) in [6, 6.07) is 20.4. The number of ether oxygens (including phenoxy) is 1. The van der Waals surface area contributed by atoms with E-state index in [0.29, 0.717) is 42.6 Å². The third kappa shape index (κ3) is 6.33. The van der Waals surface area contributed by atoms with E-state index < -0.39 is 23.0 Å². The van der Waals surface area contributed by atoms with E-state index in [2.05, 4.69) is 0 Å². The molecule has 2 amide bonds. The van der Waals surface area contributed by atoms with Gasteiger partial charge in [-0.25, -0.2) is 4.79 Å². The van der Waals surface area contributed by atoms with Crippen molar-refractivity contribution < 1.29 is 24.4 Å². The normalized spacial score (nSPS) is 14.1. The summed E-state index contributed by atoms with van der Waals surface area (Å²) < 4.78 is 5.86. The van der Waals surface area contributed by atoms with Crippen molar-refractivity contribution in [3.8, 4) is 5.75 Å². The lowest BCUT2D eigenvalue weighted by molar-refractivity contribution is -0.384. The Bertz CT molecular complexity index is 1300. The molecule has 10 nitrogen and oxygen atoms in total. The van der Waals surface area contributed by atoms with Crippen LogP contribution in [0.1, 0.15) is 12.5 Å². The SMILES string of the molecule is CC(Oc1ccccc1)C(=O)N(Cc1ccc(Cl)cc1)c1cc(N2CCN(C(=O)O)CC2)ccc1[N+](=O)[O-]. The van der Waals surface area contributed by atoms with Gasteiger partial charge in [0, 0.05) is 43.0 Å². The molecule has 1 aliphatic rings. The first-order valence-corrected chi connectivity index (χ1v) is 12.4. The minimum Gasteiger partial charge on any atom is -0.481 e. The van der Waals surface area contributed by atoms with Crippen LogP contribution in [0.4, 0.5) is 21.9 Å². The van der Waals surface area contributed by atoms with E-state index in [0.717, 1.165) is 5.56 Å². The first-order valence-electron chi connectivity index (χ1n) is 12.0. The van der Waals surface area contributed by atoms with Crippen LogP contribution in [-0.4, -0.2) is 59.2 Å². The van der Waals surface area contributed by atoms with E-state index in [1.54, 1.807) is 67.6 Å². The molecular weight excluding hydrogens is 512 g/mol. The second kappa shape index (κ2) is 11.8. The van der Waals surface area contributed by atoms with E-state index >= 15 is 0 Å². The number of nitro groups is 1. The van der Waals surface area contributed by atoms with Crippen LogP contribution in [0.3, 0.4) is 0 Å². The Morgan fingerprint density at radius 2 is 1.71 bits per heavy atom. The van der Waals surface area contributed by atoms with Gasteiger partial charge in [-0.15, -0.1) is 0 Å². The second-order valence-corrected chi connectivity index (χ2v) is 9.25. The lowest BCUT2D eigenvalue weighted by Gasteiger charge is -2.35. The fraction of sp³-hybridized carbons (Fsp3) is 0.259. The van der Waals surface area contributed by atoms with E-state index in [4.69, 9.17) is 16.3 Å². The number of hydrogen-bond acceptors (Lipinski definition) is 6. The monoisotopic (exact) mass is 538 g/mol. The molecule has 0 radical (unpaired) electrons. The number of amides is 2. The fourth-order valence-electron chi connectivity index (χ4n) is 4.26.